The summed E-state index contributed by atoms with van der Waals surface area (Å²) in [5.41, 5.74) is 2.91. The largest absolute Gasteiger partial charge is 0.345 e. The summed E-state index contributed by atoms with van der Waals surface area (Å²) in [4.78, 5) is 33.3. The van der Waals surface area contributed by atoms with Crippen LogP contribution < -0.4 is 15.8 Å². The highest BCUT2D eigenvalue weighted by atomic mass is 16.2. The third kappa shape index (κ3) is 5.29. The van der Waals surface area contributed by atoms with Crippen LogP contribution in [0.4, 0.5) is 0 Å². The van der Waals surface area contributed by atoms with Crippen molar-refractivity contribution in [3.63, 3.8) is 0 Å². The molecule has 1 aromatic heterocycles. The van der Waals surface area contributed by atoms with Gasteiger partial charge in [-0.15, -0.1) is 0 Å². The molecule has 1 unspecified atom stereocenters. The van der Waals surface area contributed by atoms with Gasteiger partial charge in [0.1, 0.15) is 6.54 Å². The molecule has 0 saturated carbocycles. The smallest absolute Gasteiger partial charge is 0.275 e. The Morgan fingerprint density at radius 1 is 1.14 bits per heavy atom. The Morgan fingerprint density at radius 3 is 2.55 bits per heavy atom. The molecule has 0 spiro atoms. The number of nitrogens with one attached hydrogen (secondary N) is 3. The summed E-state index contributed by atoms with van der Waals surface area (Å²) in [6, 6.07) is 15.6. The molecule has 29 heavy (non-hydrogen) atoms. The maximum absolute atomic E-state index is 12.6. The van der Waals surface area contributed by atoms with E-state index in [2.05, 4.69) is 46.5 Å². The minimum atomic E-state index is -0.144. The highest BCUT2D eigenvalue weighted by molar-refractivity contribution is 5.77. The molecule has 1 heterocycles. The van der Waals surface area contributed by atoms with Crippen molar-refractivity contribution in [1.82, 2.24) is 15.3 Å². The van der Waals surface area contributed by atoms with Gasteiger partial charge in [-0.1, -0.05) is 43.3 Å². The van der Waals surface area contributed by atoms with Gasteiger partial charge in [0, 0.05) is 0 Å². The summed E-state index contributed by atoms with van der Waals surface area (Å²) < 4.78 is 0. The van der Waals surface area contributed by atoms with Crippen molar-refractivity contribution in [2.24, 2.45) is 0 Å². The Morgan fingerprint density at radius 2 is 1.86 bits per heavy atom. The number of likely N-dealkylation sites (N-methyl/N-ethyl adjacent to an activating group) is 1. The molecule has 6 heteroatoms. The summed E-state index contributed by atoms with van der Waals surface area (Å²) in [5, 5.41) is 3.65. The van der Waals surface area contributed by atoms with Gasteiger partial charge < -0.3 is 15.2 Å². The molecule has 3 aromatic rings. The monoisotopic (exact) mass is 393 g/mol. The normalized spacial score (nSPS) is 13.2. The Kier molecular flexibility index (Phi) is 6.77. The van der Waals surface area contributed by atoms with Gasteiger partial charge in [-0.25, -0.2) is 4.98 Å². The number of quaternary nitrogens is 1. The second kappa shape index (κ2) is 9.47. The van der Waals surface area contributed by atoms with E-state index >= 15 is 0 Å². The first-order chi connectivity index (χ1) is 14.0. The number of carbonyl (C=O) groups is 1. The van der Waals surface area contributed by atoms with E-state index in [-0.39, 0.29) is 17.5 Å². The van der Waals surface area contributed by atoms with Crippen LogP contribution in [0, 0.1) is 0 Å². The number of carbonyl (C=O) groups excluding carboxylic acids is 1. The van der Waals surface area contributed by atoms with E-state index in [4.69, 9.17) is 0 Å². The lowest BCUT2D eigenvalue weighted by Crippen LogP contribution is -3.11. The van der Waals surface area contributed by atoms with Gasteiger partial charge in [-0.3, -0.25) is 9.59 Å². The fourth-order valence-electron chi connectivity index (χ4n) is 3.41. The van der Waals surface area contributed by atoms with Gasteiger partial charge in [0.15, 0.2) is 12.4 Å². The number of aryl methyl sites for hydroxylation is 1. The molecule has 152 valence electrons. The zero-order chi connectivity index (χ0) is 20.8. The zero-order valence-corrected chi connectivity index (χ0v) is 17.3. The average molecular weight is 394 g/mol. The van der Waals surface area contributed by atoms with Crippen LogP contribution in [-0.4, -0.2) is 29.0 Å². The van der Waals surface area contributed by atoms with Crippen molar-refractivity contribution >= 4 is 16.8 Å². The molecule has 3 rings (SSSR count). The predicted octanol–water partition coefficient (Wildman–Crippen LogP) is 1.77. The number of amides is 1. The molecule has 0 fully saturated rings. The molecule has 0 saturated heterocycles. The van der Waals surface area contributed by atoms with Crippen molar-refractivity contribution < 1.29 is 9.69 Å². The number of aromatic amines is 1. The number of H-pyrrole nitrogens is 1. The molecule has 3 N–H and O–H groups in total. The molecule has 0 bridgehead atoms. The zero-order valence-electron chi connectivity index (χ0n) is 17.3. The van der Waals surface area contributed by atoms with Crippen LogP contribution in [-0.2, 0) is 17.8 Å². The average Bonchev–Trinajstić information content (AvgIpc) is 2.73. The number of benzene rings is 2. The Labute approximate surface area is 171 Å². The van der Waals surface area contributed by atoms with Crippen LogP contribution in [0.5, 0.6) is 0 Å². The Hall–Kier alpha value is -2.99. The van der Waals surface area contributed by atoms with Gasteiger partial charge in [-0.05, 0) is 43.5 Å². The van der Waals surface area contributed by atoms with Gasteiger partial charge in [0.25, 0.3) is 11.5 Å². The standard InChI is InChI=1S/C23H28N4O2/c1-4-17-10-12-18(13-11-17)16(3)24-22(28)15-27(5-2)14-21-25-20-9-7-6-8-19(20)23(29)26-21/h6-13,16H,4-5,14-15H2,1-3H3,(H,24,28)(H,25,26,29)/p+1/t16-/m1/s1. The Balaban J connectivity index is 1.63. The fourth-order valence-corrected chi connectivity index (χ4v) is 3.41. The van der Waals surface area contributed by atoms with Gasteiger partial charge in [0.05, 0.1) is 23.5 Å². The first-order valence-electron chi connectivity index (χ1n) is 10.2. The number of fused-ring (bicyclic) bond motifs is 1. The van der Waals surface area contributed by atoms with Crippen molar-refractivity contribution in [1.29, 1.82) is 0 Å². The molecule has 2 atom stereocenters. The topological polar surface area (TPSA) is 79.3 Å². The van der Waals surface area contributed by atoms with E-state index in [1.807, 2.05) is 32.0 Å². The molecule has 0 aliphatic carbocycles. The third-order valence-electron chi connectivity index (χ3n) is 5.26. The van der Waals surface area contributed by atoms with Crippen LogP contribution in [0.15, 0.2) is 53.3 Å². The van der Waals surface area contributed by atoms with Crippen LogP contribution >= 0.6 is 0 Å². The van der Waals surface area contributed by atoms with Crippen LogP contribution in [0.1, 0.15) is 43.8 Å². The van der Waals surface area contributed by atoms with Gasteiger partial charge >= 0.3 is 0 Å². The summed E-state index contributed by atoms with van der Waals surface area (Å²) in [7, 11) is 0. The van der Waals surface area contributed by atoms with Crippen molar-refractivity contribution in [2.45, 2.75) is 39.8 Å². The fraction of sp³-hybridized carbons (Fsp3) is 0.348. The number of rotatable bonds is 8. The SMILES string of the molecule is CCc1ccc([C@@H](C)NC(=O)C[NH+](CC)Cc2nc3ccccc3c(=O)[nH]2)cc1. The second-order valence-electron chi connectivity index (χ2n) is 7.37. The lowest BCUT2D eigenvalue weighted by Gasteiger charge is -2.19. The minimum Gasteiger partial charge on any atom is -0.345 e. The van der Waals surface area contributed by atoms with E-state index in [1.165, 1.54) is 5.56 Å². The quantitative estimate of drug-likeness (QED) is 0.546. The summed E-state index contributed by atoms with van der Waals surface area (Å²) in [6.45, 7) is 7.71. The lowest BCUT2D eigenvalue weighted by molar-refractivity contribution is -0.904. The van der Waals surface area contributed by atoms with E-state index in [0.29, 0.717) is 29.8 Å². The molecule has 0 aliphatic heterocycles. The highest BCUT2D eigenvalue weighted by Crippen LogP contribution is 2.13. The van der Waals surface area contributed by atoms with Crippen molar-refractivity contribution in [3.05, 3.63) is 75.8 Å². The summed E-state index contributed by atoms with van der Waals surface area (Å²) >= 11 is 0. The number of hydrogen-bond acceptors (Lipinski definition) is 3. The minimum absolute atomic E-state index is 0.0166. The first-order valence-corrected chi connectivity index (χ1v) is 10.2. The molecule has 2 aromatic carbocycles. The summed E-state index contributed by atoms with van der Waals surface area (Å²) in [5.74, 6) is 0.582. The molecule has 0 radical (unpaired) electrons. The number of hydrogen-bond donors (Lipinski definition) is 3. The van der Waals surface area contributed by atoms with E-state index in [0.717, 1.165) is 23.4 Å². The summed E-state index contributed by atoms with van der Waals surface area (Å²) in [6.07, 6.45) is 1.00. The van der Waals surface area contributed by atoms with E-state index < -0.39 is 0 Å². The second-order valence-corrected chi connectivity index (χ2v) is 7.37. The third-order valence-corrected chi connectivity index (χ3v) is 5.26. The molecular formula is C23H29N4O2+. The van der Waals surface area contributed by atoms with Crippen molar-refractivity contribution in [2.75, 3.05) is 13.1 Å². The molecule has 0 aliphatic rings. The maximum Gasteiger partial charge on any atom is 0.275 e. The maximum atomic E-state index is 12.6. The van der Waals surface area contributed by atoms with Crippen LogP contribution in [0.25, 0.3) is 10.9 Å². The van der Waals surface area contributed by atoms with E-state index in [9.17, 15) is 9.59 Å². The number of nitrogens with zero attached hydrogens (tertiary/aromatic N) is 1. The Bertz CT molecular complexity index is 1030. The molecule has 1 amide bonds. The molecule has 6 nitrogen and oxygen atoms in total. The van der Waals surface area contributed by atoms with Gasteiger partial charge in [-0.2, -0.15) is 0 Å². The first kappa shape index (κ1) is 20.7. The van der Waals surface area contributed by atoms with Crippen LogP contribution in [0.2, 0.25) is 0 Å². The van der Waals surface area contributed by atoms with E-state index in [1.54, 1.807) is 6.07 Å². The van der Waals surface area contributed by atoms with Gasteiger partial charge in [0.2, 0.25) is 0 Å². The predicted molar refractivity (Wildman–Crippen MR) is 115 cm³/mol. The number of aromatic nitrogens is 2. The lowest BCUT2D eigenvalue weighted by atomic mass is 10.1. The number of para-hydroxylation sites is 1. The molecular weight excluding hydrogens is 364 g/mol. The highest BCUT2D eigenvalue weighted by Gasteiger charge is 2.17. The van der Waals surface area contributed by atoms with Crippen LogP contribution in [0.3, 0.4) is 0 Å². The van der Waals surface area contributed by atoms with Crippen molar-refractivity contribution in [3.8, 4) is 0 Å².